The van der Waals surface area contributed by atoms with Crippen LogP contribution in [0.4, 0.5) is 5.69 Å². The zero-order valence-electron chi connectivity index (χ0n) is 11.0. The van der Waals surface area contributed by atoms with E-state index in [1.165, 1.54) is 18.3 Å². The second-order valence-corrected chi connectivity index (χ2v) is 3.89. The van der Waals surface area contributed by atoms with Gasteiger partial charge >= 0.3 is 0 Å². The van der Waals surface area contributed by atoms with Gasteiger partial charge in [0, 0.05) is 18.7 Å². The van der Waals surface area contributed by atoms with Crippen molar-refractivity contribution in [1.29, 1.82) is 0 Å². The molecule has 2 rings (SSSR count). The van der Waals surface area contributed by atoms with Gasteiger partial charge in [-0.15, -0.1) is 0 Å². The molecule has 0 spiro atoms. The van der Waals surface area contributed by atoms with Gasteiger partial charge in [-0.05, 0) is 6.92 Å². The summed E-state index contributed by atoms with van der Waals surface area (Å²) in [7, 11) is 0. The maximum absolute atomic E-state index is 10.9. The number of hydrogen-bond acceptors (Lipinski definition) is 7. The minimum absolute atomic E-state index is 0.0675. The predicted molar refractivity (Wildman–Crippen MR) is 71.4 cm³/mol. The standard InChI is InChI=1S/C11H12N6O4/c1-2-16-6-7(5-13-16)21-9-4-3-8(17(19)20)10(14-9)11(12)15-18/h3-6,18H,2H2,1H3,(H2,12,15). The number of oxime groups is 1. The maximum atomic E-state index is 10.9. The number of nitrogens with two attached hydrogens (primary N) is 1. The van der Waals surface area contributed by atoms with Crippen LogP contribution < -0.4 is 10.5 Å². The van der Waals surface area contributed by atoms with Gasteiger partial charge in [-0.2, -0.15) is 5.10 Å². The number of hydrogen-bond donors (Lipinski definition) is 2. The molecule has 0 fully saturated rings. The second-order valence-electron chi connectivity index (χ2n) is 3.89. The number of nitro groups is 1. The zero-order valence-corrected chi connectivity index (χ0v) is 11.0. The van der Waals surface area contributed by atoms with E-state index in [2.05, 4.69) is 15.2 Å². The molecule has 0 bridgehead atoms. The first-order chi connectivity index (χ1) is 10.0. The number of ether oxygens (including phenoxy) is 1. The smallest absolute Gasteiger partial charge is 0.299 e. The van der Waals surface area contributed by atoms with Crippen molar-refractivity contribution in [3.8, 4) is 11.6 Å². The Morgan fingerprint density at radius 3 is 2.95 bits per heavy atom. The van der Waals surface area contributed by atoms with Crippen molar-refractivity contribution in [1.82, 2.24) is 14.8 Å². The molecule has 0 amide bonds. The molecule has 0 aliphatic carbocycles. The summed E-state index contributed by atoms with van der Waals surface area (Å²) in [5.41, 5.74) is 4.72. The van der Waals surface area contributed by atoms with Gasteiger partial charge in [-0.25, -0.2) is 4.98 Å². The van der Waals surface area contributed by atoms with E-state index in [0.717, 1.165) is 0 Å². The van der Waals surface area contributed by atoms with E-state index in [1.54, 1.807) is 10.9 Å². The van der Waals surface area contributed by atoms with Crippen LogP contribution in [-0.4, -0.2) is 30.7 Å². The Balaban J connectivity index is 2.35. The Hall–Kier alpha value is -3.17. The van der Waals surface area contributed by atoms with Gasteiger partial charge in [0.15, 0.2) is 17.3 Å². The molecule has 10 nitrogen and oxygen atoms in total. The molecule has 0 atom stereocenters. The molecule has 10 heteroatoms. The number of amidine groups is 1. The van der Waals surface area contributed by atoms with Crippen molar-refractivity contribution in [2.45, 2.75) is 13.5 Å². The summed E-state index contributed by atoms with van der Waals surface area (Å²) in [5, 5.41) is 26.3. The fraction of sp³-hybridized carbons (Fsp3) is 0.182. The van der Waals surface area contributed by atoms with Crippen LogP contribution in [0.25, 0.3) is 0 Å². The Bertz CT molecular complexity index is 696. The average Bonchev–Trinajstić information content (AvgIpc) is 2.93. The average molecular weight is 292 g/mol. The molecule has 110 valence electrons. The highest BCUT2D eigenvalue weighted by Gasteiger charge is 2.20. The van der Waals surface area contributed by atoms with E-state index in [1.807, 2.05) is 6.92 Å². The molecule has 2 aromatic heterocycles. The molecule has 0 unspecified atom stereocenters. The first-order valence-corrected chi connectivity index (χ1v) is 5.88. The predicted octanol–water partition coefficient (Wildman–Crippen LogP) is 1.09. The van der Waals surface area contributed by atoms with Gasteiger partial charge in [0.05, 0.1) is 17.3 Å². The van der Waals surface area contributed by atoms with Crippen molar-refractivity contribution in [3.63, 3.8) is 0 Å². The van der Waals surface area contributed by atoms with Crippen molar-refractivity contribution in [2.75, 3.05) is 0 Å². The van der Waals surface area contributed by atoms with Gasteiger partial charge in [0.1, 0.15) is 0 Å². The number of pyridine rings is 1. The van der Waals surface area contributed by atoms with Crippen LogP contribution in [0.2, 0.25) is 0 Å². The second kappa shape index (κ2) is 5.86. The molecule has 0 aromatic carbocycles. The number of aryl methyl sites for hydroxylation is 1. The highest BCUT2D eigenvalue weighted by Crippen LogP contribution is 2.24. The molecule has 0 aliphatic rings. The number of aromatic nitrogens is 3. The minimum Gasteiger partial charge on any atom is -0.436 e. The van der Waals surface area contributed by atoms with Crippen LogP contribution in [0.5, 0.6) is 11.6 Å². The van der Waals surface area contributed by atoms with Gasteiger partial charge in [-0.3, -0.25) is 14.8 Å². The Morgan fingerprint density at radius 1 is 1.62 bits per heavy atom. The zero-order chi connectivity index (χ0) is 15.4. The molecule has 0 radical (unpaired) electrons. The summed E-state index contributed by atoms with van der Waals surface area (Å²) < 4.78 is 7.07. The lowest BCUT2D eigenvalue weighted by Crippen LogP contribution is -2.17. The fourth-order valence-electron chi connectivity index (χ4n) is 1.56. The molecule has 0 saturated carbocycles. The van der Waals surface area contributed by atoms with Crippen molar-refractivity contribution >= 4 is 11.5 Å². The van der Waals surface area contributed by atoms with Gasteiger partial charge in [0.2, 0.25) is 5.88 Å². The van der Waals surface area contributed by atoms with Crippen molar-refractivity contribution < 1.29 is 14.9 Å². The van der Waals surface area contributed by atoms with E-state index in [9.17, 15) is 10.1 Å². The normalized spacial score (nSPS) is 11.4. The SMILES string of the molecule is CCn1cc(Oc2ccc([N+](=O)[O-])c(/C(N)=N/O)n2)cn1. The third-order valence-electron chi connectivity index (χ3n) is 2.55. The number of rotatable bonds is 5. The van der Waals surface area contributed by atoms with E-state index in [-0.39, 0.29) is 17.3 Å². The van der Waals surface area contributed by atoms with Crippen LogP contribution in [-0.2, 0) is 6.54 Å². The number of nitrogens with zero attached hydrogens (tertiary/aromatic N) is 5. The summed E-state index contributed by atoms with van der Waals surface area (Å²) in [6.07, 6.45) is 3.13. The molecule has 21 heavy (non-hydrogen) atoms. The lowest BCUT2D eigenvalue weighted by molar-refractivity contribution is -0.385. The van der Waals surface area contributed by atoms with Gasteiger partial charge < -0.3 is 15.7 Å². The van der Waals surface area contributed by atoms with E-state index >= 15 is 0 Å². The Kier molecular flexibility index (Phi) is 3.97. The largest absolute Gasteiger partial charge is 0.436 e. The lowest BCUT2D eigenvalue weighted by atomic mass is 10.3. The maximum Gasteiger partial charge on any atom is 0.299 e. The van der Waals surface area contributed by atoms with Crippen LogP contribution in [0.1, 0.15) is 12.6 Å². The Morgan fingerprint density at radius 2 is 2.38 bits per heavy atom. The molecule has 2 heterocycles. The first kappa shape index (κ1) is 14.2. The fourth-order valence-corrected chi connectivity index (χ4v) is 1.56. The first-order valence-electron chi connectivity index (χ1n) is 5.88. The van der Waals surface area contributed by atoms with E-state index in [4.69, 9.17) is 15.7 Å². The summed E-state index contributed by atoms with van der Waals surface area (Å²) in [6, 6.07) is 2.48. The monoisotopic (exact) mass is 292 g/mol. The summed E-state index contributed by atoms with van der Waals surface area (Å²) in [4.78, 5) is 14.1. The Labute approximate surface area is 118 Å². The van der Waals surface area contributed by atoms with Crippen molar-refractivity contribution in [2.24, 2.45) is 10.9 Å². The van der Waals surface area contributed by atoms with Crippen LogP contribution in [0.15, 0.2) is 29.7 Å². The van der Waals surface area contributed by atoms with E-state index in [0.29, 0.717) is 12.3 Å². The van der Waals surface area contributed by atoms with Gasteiger partial charge in [-0.1, -0.05) is 5.16 Å². The van der Waals surface area contributed by atoms with Crippen LogP contribution >= 0.6 is 0 Å². The molecule has 0 saturated heterocycles. The molecule has 3 N–H and O–H groups in total. The lowest BCUT2D eigenvalue weighted by Gasteiger charge is -2.04. The molecular weight excluding hydrogens is 280 g/mol. The quantitative estimate of drug-likeness (QED) is 0.276. The third-order valence-corrected chi connectivity index (χ3v) is 2.55. The van der Waals surface area contributed by atoms with E-state index < -0.39 is 10.8 Å². The summed E-state index contributed by atoms with van der Waals surface area (Å²) in [5.74, 6) is 0.0120. The van der Waals surface area contributed by atoms with Gasteiger partial charge in [0.25, 0.3) is 5.69 Å². The third kappa shape index (κ3) is 3.05. The molecular formula is C11H12N6O4. The highest BCUT2D eigenvalue weighted by molar-refractivity contribution is 5.98. The minimum atomic E-state index is -0.681. The summed E-state index contributed by atoms with van der Waals surface area (Å²) in [6.45, 7) is 2.59. The highest BCUT2D eigenvalue weighted by atomic mass is 16.6. The molecule has 0 aliphatic heterocycles. The molecule has 2 aromatic rings. The van der Waals surface area contributed by atoms with Crippen LogP contribution in [0.3, 0.4) is 0 Å². The van der Waals surface area contributed by atoms with Crippen molar-refractivity contribution in [3.05, 3.63) is 40.3 Å². The van der Waals surface area contributed by atoms with Crippen LogP contribution in [0, 0.1) is 10.1 Å². The topological polar surface area (TPSA) is 142 Å². The summed E-state index contributed by atoms with van der Waals surface area (Å²) >= 11 is 0.